The fraction of sp³-hybridized carbons (Fsp3) is 1.00. The second-order valence-corrected chi connectivity index (χ2v) is 53.7. The summed E-state index contributed by atoms with van der Waals surface area (Å²) in [5, 5.41) is 0. The SMILES string of the molecule is CC[Si](C)(O[Si](C)(C)C)O[Si](C)(COC)O[Si](C)(CC[Si](C)(OC)[Si](C)(C)C)O[Si](C)(C)O[Si](C)(C)C. The van der Waals surface area contributed by atoms with E-state index in [-0.39, 0.29) is 0 Å². The molecule has 0 radical (unpaired) electrons. The van der Waals surface area contributed by atoms with Gasteiger partial charge in [-0.1, -0.05) is 26.6 Å². The molecule has 0 heterocycles. The van der Waals surface area contributed by atoms with Crippen LogP contribution in [-0.2, 0) is 29.7 Å². The van der Waals surface area contributed by atoms with Gasteiger partial charge in [-0.3, -0.25) is 0 Å². The van der Waals surface area contributed by atoms with Gasteiger partial charge in [-0.25, -0.2) is 0 Å². The maximum atomic E-state index is 7.21. The predicted molar refractivity (Wildman–Crippen MR) is 178 cm³/mol. The van der Waals surface area contributed by atoms with Gasteiger partial charge in [0.05, 0.1) is 13.8 Å². The quantitative estimate of drug-likeness (QED) is 0.141. The van der Waals surface area contributed by atoms with Crippen LogP contribution in [0.15, 0.2) is 0 Å². The second kappa shape index (κ2) is 13.6. The zero-order valence-corrected chi connectivity index (χ0v) is 35.7. The Morgan fingerprint density at radius 2 is 0.946 bits per heavy atom. The molecule has 0 aromatic heterocycles. The molecule has 0 spiro atoms. The Morgan fingerprint density at radius 1 is 0.486 bits per heavy atom. The highest BCUT2D eigenvalue weighted by Crippen LogP contribution is 2.35. The van der Waals surface area contributed by atoms with Crippen LogP contribution in [-0.4, -0.2) is 86.8 Å². The third-order valence-electron chi connectivity index (χ3n) is 6.54. The van der Waals surface area contributed by atoms with E-state index in [4.69, 9.17) is 29.7 Å². The fourth-order valence-electron chi connectivity index (χ4n) is 4.72. The molecule has 4 unspecified atom stereocenters. The average Bonchev–Trinajstić information content (AvgIpc) is 2.60. The van der Waals surface area contributed by atoms with Crippen molar-refractivity contribution in [3.8, 4) is 0 Å². The van der Waals surface area contributed by atoms with E-state index in [2.05, 4.69) is 105 Å². The van der Waals surface area contributed by atoms with Crippen molar-refractivity contribution in [2.24, 2.45) is 0 Å². The van der Waals surface area contributed by atoms with E-state index in [1.165, 1.54) is 0 Å². The van der Waals surface area contributed by atoms with Crippen molar-refractivity contribution in [3.63, 3.8) is 0 Å². The first-order valence-electron chi connectivity index (χ1n) is 13.7. The summed E-state index contributed by atoms with van der Waals surface area (Å²) in [5.74, 6) is 0. The van der Waals surface area contributed by atoms with Crippen LogP contribution in [0.3, 0.4) is 0 Å². The molecular weight excluding hydrogens is 601 g/mol. The molecule has 0 aromatic carbocycles. The molecule has 0 aliphatic rings. The zero-order valence-electron chi connectivity index (χ0n) is 27.7. The summed E-state index contributed by atoms with van der Waals surface area (Å²) in [4.78, 5) is 0. The van der Waals surface area contributed by atoms with Crippen molar-refractivity contribution < 1.29 is 29.7 Å². The van der Waals surface area contributed by atoms with Crippen molar-refractivity contribution in [2.45, 2.75) is 123 Å². The summed E-state index contributed by atoms with van der Waals surface area (Å²) in [6.45, 7) is 36.1. The minimum absolute atomic E-state index is 0.445. The van der Waals surface area contributed by atoms with Crippen molar-refractivity contribution in [3.05, 3.63) is 0 Å². The van der Waals surface area contributed by atoms with Gasteiger partial charge in [0.15, 0.2) is 24.5 Å². The zero-order chi connectivity index (χ0) is 29.8. The topological polar surface area (TPSA) is 64.6 Å². The summed E-state index contributed by atoms with van der Waals surface area (Å²) in [7, 11) is -13.9. The van der Waals surface area contributed by atoms with Crippen LogP contribution in [0.4, 0.5) is 0 Å². The number of ether oxygens (including phenoxy) is 1. The first-order valence-corrected chi connectivity index (χ1v) is 38.0. The lowest BCUT2D eigenvalue weighted by Crippen LogP contribution is -2.64. The smallest absolute Gasteiger partial charge is 0.344 e. The van der Waals surface area contributed by atoms with Crippen molar-refractivity contribution >= 4 is 66.3 Å². The summed E-state index contributed by atoms with van der Waals surface area (Å²) < 4.78 is 46.6. The van der Waals surface area contributed by atoms with Crippen LogP contribution in [0, 0.1) is 0 Å². The predicted octanol–water partition coefficient (Wildman–Crippen LogP) is 7.50. The van der Waals surface area contributed by atoms with Gasteiger partial charge in [0.2, 0.25) is 0 Å². The van der Waals surface area contributed by atoms with Gasteiger partial charge in [0.25, 0.3) is 0 Å². The molecule has 0 aromatic rings. The van der Waals surface area contributed by atoms with Crippen molar-refractivity contribution in [2.75, 3.05) is 20.4 Å². The molecule has 37 heavy (non-hydrogen) atoms. The van der Waals surface area contributed by atoms with E-state index in [0.29, 0.717) is 6.23 Å². The average molecular weight is 663 g/mol. The Balaban J connectivity index is 6.42. The lowest BCUT2D eigenvalue weighted by Gasteiger charge is -2.46. The van der Waals surface area contributed by atoms with Crippen LogP contribution < -0.4 is 0 Å². The molecule has 7 nitrogen and oxygen atoms in total. The minimum Gasteiger partial charge on any atom is -0.437 e. The van der Waals surface area contributed by atoms with E-state index in [0.717, 1.165) is 18.1 Å². The van der Waals surface area contributed by atoms with E-state index < -0.39 is 66.3 Å². The number of hydrogen-bond acceptors (Lipinski definition) is 7. The largest absolute Gasteiger partial charge is 0.437 e. The van der Waals surface area contributed by atoms with Crippen LogP contribution in [0.1, 0.15) is 6.92 Å². The van der Waals surface area contributed by atoms with Crippen molar-refractivity contribution in [1.82, 2.24) is 0 Å². The van der Waals surface area contributed by atoms with Gasteiger partial charge < -0.3 is 29.7 Å². The summed E-state index contributed by atoms with van der Waals surface area (Å²) >= 11 is 0. The second-order valence-electron chi connectivity index (χ2n) is 14.5. The molecule has 0 fully saturated rings. The Kier molecular flexibility index (Phi) is 14.2. The van der Waals surface area contributed by atoms with Gasteiger partial charge in [-0.2, -0.15) is 0 Å². The van der Waals surface area contributed by atoms with E-state index in [9.17, 15) is 0 Å². The molecule has 0 saturated carbocycles. The molecule has 4 atom stereocenters. The highest BCUT2D eigenvalue weighted by atomic mass is 29.3. The maximum Gasteiger partial charge on any atom is 0.344 e. The molecule has 0 aliphatic heterocycles. The highest BCUT2D eigenvalue weighted by molar-refractivity contribution is 7.38. The molecule has 0 bridgehead atoms. The van der Waals surface area contributed by atoms with Gasteiger partial charge in [0.1, 0.15) is 0 Å². The summed E-state index contributed by atoms with van der Waals surface area (Å²) in [6, 6.07) is 2.76. The summed E-state index contributed by atoms with van der Waals surface area (Å²) in [5.41, 5.74) is 0. The molecule has 0 saturated heterocycles. The summed E-state index contributed by atoms with van der Waals surface area (Å²) in [6.07, 6.45) is 0.445. The molecule has 224 valence electrons. The Labute approximate surface area is 238 Å². The monoisotopic (exact) mass is 662 g/mol. The lowest BCUT2D eigenvalue weighted by molar-refractivity contribution is 0.189. The molecular formula is C22H62O7Si8. The molecule has 0 aliphatic carbocycles. The lowest BCUT2D eigenvalue weighted by atomic mass is 10.9. The Bertz CT molecular complexity index is 713. The van der Waals surface area contributed by atoms with Crippen LogP contribution >= 0.6 is 0 Å². The molecule has 15 heteroatoms. The first kappa shape index (κ1) is 38.5. The van der Waals surface area contributed by atoms with Crippen LogP contribution in [0.25, 0.3) is 0 Å². The van der Waals surface area contributed by atoms with Gasteiger partial charge in [-0.15, -0.1) is 0 Å². The minimum atomic E-state index is -2.81. The molecule has 0 N–H and O–H groups in total. The third-order valence-corrected chi connectivity index (χ3v) is 45.7. The first-order chi connectivity index (χ1) is 16.2. The fourth-order valence-corrected chi connectivity index (χ4v) is 42.9. The standard InChI is InChI=1S/C22H62O7Si8/c1-19-34(15,26-31(7,8)9)28-36(17,22-23-2)29-35(16,27-33(13,14)25-30(4,5)6)20-21-37(18,24-3)32(10,11)12/h19-22H2,1-18H3. The normalized spacial score (nSPS) is 20.6. The number of rotatable bonds is 18. The van der Waals surface area contributed by atoms with Gasteiger partial charge in [0, 0.05) is 14.2 Å². The van der Waals surface area contributed by atoms with Crippen LogP contribution in [0.5, 0.6) is 0 Å². The highest BCUT2D eigenvalue weighted by Gasteiger charge is 2.53. The van der Waals surface area contributed by atoms with Crippen LogP contribution in [0.2, 0.25) is 116 Å². The van der Waals surface area contributed by atoms with E-state index in [1.54, 1.807) is 7.11 Å². The Hall–Kier alpha value is 1.46. The Morgan fingerprint density at radius 3 is 1.30 bits per heavy atom. The van der Waals surface area contributed by atoms with Crippen molar-refractivity contribution in [1.29, 1.82) is 0 Å². The maximum absolute atomic E-state index is 7.21. The van der Waals surface area contributed by atoms with Gasteiger partial charge in [-0.05, 0) is 96.7 Å². The third kappa shape index (κ3) is 14.3. The van der Waals surface area contributed by atoms with Gasteiger partial charge >= 0.3 is 34.2 Å². The molecule has 0 rings (SSSR count). The number of methoxy groups -OCH3 is 1. The number of hydrogen-bond donors (Lipinski definition) is 0. The van der Waals surface area contributed by atoms with E-state index in [1.807, 2.05) is 7.11 Å². The van der Waals surface area contributed by atoms with E-state index >= 15 is 0 Å². The molecule has 0 amide bonds.